The number of nitrogens with one attached hydrogen (secondary N) is 1. The van der Waals surface area contributed by atoms with E-state index in [-0.39, 0.29) is 12.3 Å². The third kappa shape index (κ3) is 3.41. The Bertz CT molecular complexity index is 721. The van der Waals surface area contributed by atoms with Gasteiger partial charge in [-0.3, -0.25) is 9.59 Å². The first-order chi connectivity index (χ1) is 10.4. The van der Waals surface area contributed by atoms with Crippen molar-refractivity contribution in [3.05, 3.63) is 28.7 Å². The van der Waals surface area contributed by atoms with Crippen molar-refractivity contribution in [2.75, 3.05) is 6.54 Å². The average Bonchev–Trinajstić information content (AvgIpc) is 2.74. The van der Waals surface area contributed by atoms with Crippen molar-refractivity contribution in [1.29, 1.82) is 0 Å². The van der Waals surface area contributed by atoms with Crippen LogP contribution in [-0.2, 0) is 4.79 Å². The number of carboxylic acid groups (broad SMARTS) is 1. The van der Waals surface area contributed by atoms with Crippen molar-refractivity contribution in [3.8, 4) is 0 Å². The summed E-state index contributed by atoms with van der Waals surface area (Å²) >= 11 is 0. The summed E-state index contributed by atoms with van der Waals surface area (Å²) in [4.78, 5) is 27.2. The Kier molecular flexibility index (Phi) is 4.75. The number of unbranched alkanes of at least 4 members (excludes halogenated alkanes) is 1. The molecule has 7 heteroatoms. The van der Waals surface area contributed by atoms with Gasteiger partial charge >= 0.3 is 5.97 Å². The number of aryl methyl sites for hydroxylation is 3. The van der Waals surface area contributed by atoms with E-state index in [1.165, 1.54) is 0 Å². The van der Waals surface area contributed by atoms with Crippen LogP contribution >= 0.6 is 0 Å². The lowest BCUT2D eigenvalue weighted by molar-refractivity contribution is -0.137. The molecule has 0 radical (unpaired) electrons. The summed E-state index contributed by atoms with van der Waals surface area (Å²) in [5.74, 6) is -1.04. The molecule has 2 heterocycles. The Balaban J connectivity index is 2.11. The summed E-state index contributed by atoms with van der Waals surface area (Å²) in [5.41, 5.74) is 3.42. The van der Waals surface area contributed by atoms with Crippen molar-refractivity contribution >= 4 is 17.5 Å². The molecule has 0 aliphatic carbocycles. The van der Waals surface area contributed by atoms with Crippen molar-refractivity contribution in [2.45, 2.75) is 40.0 Å². The van der Waals surface area contributed by atoms with Gasteiger partial charge in [-0.15, -0.1) is 0 Å². The van der Waals surface area contributed by atoms with Gasteiger partial charge in [0.25, 0.3) is 5.91 Å². The molecule has 0 unspecified atom stereocenters. The van der Waals surface area contributed by atoms with E-state index in [0.29, 0.717) is 36.3 Å². The summed E-state index contributed by atoms with van der Waals surface area (Å²) < 4.78 is 1.67. The van der Waals surface area contributed by atoms with E-state index in [2.05, 4.69) is 15.4 Å². The number of amides is 1. The van der Waals surface area contributed by atoms with Crippen molar-refractivity contribution < 1.29 is 14.7 Å². The number of hydrogen-bond donors (Lipinski definition) is 2. The quantitative estimate of drug-likeness (QED) is 0.791. The van der Waals surface area contributed by atoms with Crippen LogP contribution in [-0.4, -0.2) is 38.1 Å². The molecule has 0 saturated carbocycles. The fraction of sp³-hybridized carbons (Fsp3) is 0.467. The van der Waals surface area contributed by atoms with Crippen LogP contribution in [0.15, 0.2) is 6.07 Å². The predicted molar refractivity (Wildman–Crippen MR) is 81.0 cm³/mol. The van der Waals surface area contributed by atoms with E-state index in [4.69, 9.17) is 5.11 Å². The van der Waals surface area contributed by atoms with E-state index in [1.54, 1.807) is 11.4 Å². The average molecular weight is 304 g/mol. The third-order valence-electron chi connectivity index (χ3n) is 3.40. The third-order valence-corrected chi connectivity index (χ3v) is 3.40. The number of rotatable bonds is 6. The molecule has 2 rings (SSSR count). The Labute approximate surface area is 128 Å². The number of fused-ring (bicyclic) bond motifs is 1. The predicted octanol–water partition coefficient (Wildman–Crippen LogP) is 1.64. The first-order valence-corrected chi connectivity index (χ1v) is 7.23. The fourth-order valence-electron chi connectivity index (χ4n) is 2.38. The highest BCUT2D eigenvalue weighted by Crippen LogP contribution is 2.16. The smallest absolute Gasteiger partial charge is 0.303 e. The lowest BCUT2D eigenvalue weighted by atomic mass is 10.2. The van der Waals surface area contributed by atoms with Crippen LogP contribution in [0.5, 0.6) is 0 Å². The van der Waals surface area contributed by atoms with Gasteiger partial charge in [0, 0.05) is 24.4 Å². The summed E-state index contributed by atoms with van der Waals surface area (Å²) in [5, 5.41) is 15.7. The zero-order chi connectivity index (χ0) is 16.3. The Morgan fingerprint density at radius 3 is 2.68 bits per heavy atom. The maximum Gasteiger partial charge on any atom is 0.303 e. The second-order valence-corrected chi connectivity index (χ2v) is 5.34. The molecule has 0 aliphatic heterocycles. The highest BCUT2D eigenvalue weighted by Gasteiger charge is 2.19. The summed E-state index contributed by atoms with van der Waals surface area (Å²) in [7, 11) is 0. The Hall–Kier alpha value is -2.44. The molecule has 2 N–H and O–H groups in total. The van der Waals surface area contributed by atoms with Gasteiger partial charge in [0.1, 0.15) is 5.56 Å². The SMILES string of the molecule is Cc1cc(C)n2nc(C)c(C(=O)NCCCCC(=O)O)c2n1. The van der Waals surface area contributed by atoms with Crippen molar-refractivity contribution in [1.82, 2.24) is 19.9 Å². The maximum absolute atomic E-state index is 12.3. The van der Waals surface area contributed by atoms with Gasteiger partial charge in [0.15, 0.2) is 5.65 Å². The van der Waals surface area contributed by atoms with Crippen LogP contribution in [0.1, 0.15) is 46.7 Å². The molecular formula is C15H20N4O3. The number of carbonyl (C=O) groups excluding carboxylic acids is 1. The Morgan fingerprint density at radius 2 is 2.00 bits per heavy atom. The number of hydrogen-bond acceptors (Lipinski definition) is 4. The molecule has 0 bridgehead atoms. The molecule has 0 aliphatic rings. The van der Waals surface area contributed by atoms with Gasteiger partial charge in [-0.05, 0) is 39.7 Å². The molecule has 0 saturated heterocycles. The summed E-state index contributed by atoms with van der Waals surface area (Å²) in [6.07, 6.45) is 1.28. The van der Waals surface area contributed by atoms with E-state index in [0.717, 1.165) is 11.4 Å². The molecule has 1 amide bonds. The van der Waals surface area contributed by atoms with Crippen molar-refractivity contribution in [2.24, 2.45) is 0 Å². The molecule has 118 valence electrons. The molecule has 2 aromatic heterocycles. The van der Waals surface area contributed by atoms with Gasteiger partial charge in [-0.2, -0.15) is 5.10 Å². The number of aromatic nitrogens is 3. The maximum atomic E-state index is 12.3. The second-order valence-electron chi connectivity index (χ2n) is 5.34. The van der Waals surface area contributed by atoms with Gasteiger partial charge in [-0.1, -0.05) is 0 Å². The van der Waals surface area contributed by atoms with Crippen molar-refractivity contribution in [3.63, 3.8) is 0 Å². The largest absolute Gasteiger partial charge is 0.481 e. The molecule has 2 aromatic rings. The minimum Gasteiger partial charge on any atom is -0.481 e. The van der Waals surface area contributed by atoms with Crippen LogP contribution in [0, 0.1) is 20.8 Å². The standard InChI is InChI=1S/C15H20N4O3/c1-9-8-10(2)19-14(17-9)13(11(3)18-19)15(22)16-7-5-4-6-12(20)21/h8H,4-7H2,1-3H3,(H,16,22)(H,20,21). The molecular weight excluding hydrogens is 284 g/mol. The van der Waals surface area contributed by atoms with E-state index >= 15 is 0 Å². The lowest BCUT2D eigenvalue weighted by Crippen LogP contribution is -2.25. The van der Waals surface area contributed by atoms with Crippen LogP contribution in [0.3, 0.4) is 0 Å². The molecule has 0 spiro atoms. The first kappa shape index (κ1) is 15.9. The van der Waals surface area contributed by atoms with E-state index in [1.807, 2.05) is 19.9 Å². The summed E-state index contributed by atoms with van der Waals surface area (Å²) in [6, 6.07) is 1.91. The second kappa shape index (κ2) is 6.55. The van der Waals surface area contributed by atoms with Gasteiger partial charge in [0.2, 0.25) is 0 Å². The molecule has 22 heavy (non-hydrogen) atoms. The van der Waals surface area contributed by atoms with Gasteiger partial charge in [0.05, 0.1) is 5.69 Å². The molecule has 0 fully saturated rings. The minimum absolute atomic E-state index is 0.117. The van der Waals surface area contributed by atoms with Crippen LogP contribution in [0.25, 0.3) is 5.65 Å². The Morgan fingerprint density at radius 1 is 1.27 bits per heavy atom. The molecule has 0 aromatic carbocycles. The topological polar surface area (TPSA) is 96.6 Å². The van der Waals surface area contributed by atoms with Gasteiger partial charge in [-0.25, -0.2) is 9.50 Å². The monoisotopic (exact) mass is 304 g/mol. The molecule has 7 nitrogen and oxygen atoms in total. The van der Waals surface area contributed by atoms with Crippen LogP contribution < -0.4 is 5.32 Å². The highest BCUT2D eigenvalue weighted by atomic mass is 16.4. The summed E-state index contributed by atoms with van der Waals surface area (Å²) in [6.45, 7) is 6.01. The number of aliphatic carboxylic acids is 1. The highest BCUT2D eigenvalue weighted by molar-refractivity contribution is 6.01. The fourth-order valence-corrected chi connectivity index (χ4v) is 2.38. The number of carboxylic acids is 1. The van der Waals surface area contributed by atoms with E-state index in [9.17, 15) is 9.59 Å². The van der Waals surface area contributed by atoms with Gasteiger partial charge < -0.3 is 10.4 Å². The number of nitrogens with zero attached hydrogens (tertiary/aromatic N) is 3. The zero-order valence-electron chi connectivity index (χ0n) is 13.0. The first-order valence-electron chi connectivity index (χ1n) is 7.23. The zero-order valence-corrected chi connectivity index (χ0v) is 13.0. The lowest BCUT2D eigenvalue weighted by Gasteiger charge is -2.05. The van der Waals surface area contributed by atoms with Crippen LogP contribution in [0.4, 0.5) is 0 Å². The molecule has 0 atom stereocenters. The number of carbonyl (C=O) groups is 2. The van der Waals surface area contributed by atoms with E-state index < -0.39 is 5.97 Å². The van der Waals surface area contributed by atoms with Crippen LogP contribution in [0.2, 0.25) is 0 Å². The minimum atomic E-state index is -0.819. The normalized spacial score (nSPS) is 10.9.